The third kappa shape index (κ3) is 3.73. The molecule has 0 radical (unpaired) electrons. The fraction of sp³-hybridized carbons (Fsp3) is 0.571. The second-order valence-electron chi connectivity index (χ2n) is 4.80. The average Bonchev–Trinajstić information content (AvgIpc) is 2.77. The van der Waals surface area contributed by atoms with Gasteiger partial charge in [0.25, 0.3) is 0 Å². The molecule has 17 heavy (non-hydrogen) atoms. The molecule has 0 aromatic heterocycles. The Balaban J connectivity index is 1.77. The predicted molar refractivity (Wildman–Crippen MR) is 74.4 cm³/mol. The van der Waals surface area contributed by atoms with Gasteiger partial charge in [-0.05, 0) is 29.7 Å². The largest absolute Gasteiger partial charge is 0.388 e. The first-order valence-corrected chi connectivity index (χ1v) is 7.46. The zero-order valence-corrected chi connectivity index (χ0v) is 11.2. The fourth-order valence-corrected chi connectivity index (χ4v) is 3.36. The lowest BCUT2D eigenvalue weighted by Gasteiger charge is -2.21. The van der Waals surface area contributed by atoms with Crippen LogP contribution in [0.15, 0.2) is 24.3 Å². The van der Waals surface area contributed by atoms with E-state index >= 15 is 0 Å². The molecule has 2 N–H and O–H groups in total. The van der Waals surface area contributed by atoms with E-state index in [4.69, 9.17) is 0 Å². The van der Waals surface area contributed by atoms with Crippen LogP contribution in [0.3, 0.4) is 0 Å². The summed E-state index contributed by atoms with van der Waals surface area (Å²) >= 11 is 1.84. The normalized spacial score (nSPS) is 24.1. The van der Waals surface area contributed by atoms with Crippen molar-refractivity contribution in [1.82, 2.24) is 5.32 Å². The Morgan fingerprint density at radius 2 is 2.00 bits per heavy atom. The van der Waals surface area contributed by atoms with Crippen LogP contribution in [0.4, 0.5) is 0 Å². The van der Waals surface area contributed by atoms with Gasteiger partial charge in [-0.25, -0.2) is 0 Å². The Kier molecular flexibility index (Phi) is 4.48. The second-order valence-corrected chi connectivity index (χ2v) is 5.91. The minimum atomic E-state index is -0.478. The molecule has 1 heterocycles. The van der Waals surface area contributed by atoms with Gasteiger partial charge in [0.05, 0.1) is 5.60 Å². The molecule has 0 bridgehead atoms. The van der Waals surface area contributed by atoms with Crippen LogP contribution in [0.2, 0.25) is 0 Å². The number of aliphatic hydroxyl groups is 1. The number of benzene rings is 1. The Morgan fingerprint density at radius 3 is 2.59 bits per heavy atom. The van der Waals surface area contributed by atoms with Crippen molar-refractivity contribution >= 4 is 11.8 Å². The molecule has 0 saturated carbocycles. The third-order valence-corrected chi connectivity index (χ3v) is 4.53. The summed E-state index contributed by atoms with van der Waals surface area (Å²) in [6.45, 7) is 3.72. The minimum absolute atomic E-state index is 0.478. The molecule has 2 rings (SSSR count). The van der Waals surface area contributed by atoms with Crippen molar-refractivity contribution in [2.24, 2.45) is 0 Å². The first-order valence-electron chi connectivity index (χ1n) is 6.30. The van der Waals surface area contributed by atoms with Gasteiger partial charge in [-0.15, -0.1) is 0 Å². The standard InChI is InChI=1S/C14H21NOS/c1-2-12-3-5-13(6-4-12)9-15-10-14(16)7-8-17-11-14/h3-6,15-16H,2,7-11H2,1H3. The highest BCUT2D eigenvalue weighted by molar-refractivity contribution is 7.99. The molecule has 1 aliphatic heterocycles. The first kappa shape index (κ1) is 12.9. The van der Waals surface area contributed by atoms with Gasteiger partial charge in [0.15, 0.2) is 0 Å². The summed E-state index contributed by atoms with van der Waals surface area (Å²) in [5, 5.41) is 13.5. The van der Waals surface area contributed by atoms with Gasteiger partial charge >= 0.3 is 0 Å². The van der Waals surface area contributed by atoms with Crippen molar-refractivity contribution in [3.8, 4) is 0 Å². The molecule has 1 aromatic carbocycles. The van der Waals surface area contributed by atoms with Crippen LogP contribution in [0.25, 0.3) is 0 Å². The maximum absolute atomic E-state index is 10.2. The molecule has 1 unspecified atom stereocenters. The SMILES string of the molecule is CCc1ccc(CNCC2(O)CCSC2)cc1. The Bertz CT molecular complexity index is 344. The highest BCUT2D eigenvalue weighted by Crippen LogP contribution is 2.26. The molecule has 1 aromatic rings. The summed E-state index contributed by atoms with van der Waals surface area (Å²) in [5.41, 5.74) is 2.18. The monoisotopic (exact) mass is 251 g/mol. The van der Waals surface area contributed by atoms with Crippen LogP contribution in [-0.4, -0.2) is 28.8 Å². The lowest BCUT2D eigenvalue weighted by molar-refractivity contribution is 0.0675. The summed E-state index contributed by atoms with van der Waals surface area (Å²) in [4.78, 5) is 0. The van der Waals surface area contributed by atoms with Gasteiger partial charge in [0.1, 0.15) is 0 Å². The molecule has 1 atom stereocenters. The molecule has 1 fully saturated rings. The van der Waals surface area contributed by atoms with E-state index in [2.05, 4.69) is 36.5 Å². The molecule has 94 valence electrons. The van der Waals surface area contributed by atoms with Crippen LogP contribution in [0.1, 0.15) is 24.5 Å². The van der Waals surface area contributed by atoms with Crippen LogP contribution >= 0.6 is 11.8 Å². The van der Waals surface area contributed by atoms with Crippen molar-refractivity contribution in [3.63, 3.8) is 0 Å². The molecular weight excluding hydrogens is 230 g/mol. The summed E-state index contributed by atoms with van der Waals surface area (Å²) in [6, 6.07) is 8.69. The van der Waals surface area contributed by atoms with Crippen LogP contribution in [0.5, 0.6) is 0 Å². The van der Waals surface area contributed by atoms with E-state index in [9.17, 15) is 5.11 Å². The summed E-state index contributed by atoms with van der Waals surface area (Å²) in [5.74, 6) is 1.96. The van der Waals surface area contributed by atoms with E-state index in [0.717, 1.165) is 30.9 Å². The molecule has 3 heteroatoms. The van der Waals surface area contributed by atoms with E-state index in [0.29, 0.717) is 6.54 Å². The second kappa shape index (κ2) is 5.89. The van der Waals surface area contributed by atoms with Crippen LogP contribution in [0, 0.1) is 0 Å². The molecule has 0 spiro atoms. The molecular formula is C14H21NOS. The number of hydrogen-bond donors (Lipinski definition) is 2. The Hall–Kier alpha value is -0.510. The van der Waals surface area contributed by atoms with Crippen molar-refractivity contribution in [1.29, 1.82) is 0 Å². The zero-order chi connectivity index (χ0) is 12.1. The Morgan fingerprint density at radius 1 is 1.29 bits per heavy atom. The highest BCUT2D eigenvalue weighted by atomic mass is 32.2. The maximum Gasteiger partial charge on any atom is 0.0869 e. The van der Waals surface area contributed by atoms with Gasteiger partial charge in [0.2, 0.25) is 0 Å². The minimum Gasteiger partial charge on any atom is -0.388 e. The first-order chi connectivity index (χ1) is 8.22. The molecule has 1 saturated heterocycles. The number of thioether (sulfide) groups is 1. The van der Waals surface area contributed by atoms with Gasteiger partial charge in [-0.3, -0.25) is 0 Å². The number of hydrogen-bond acceptors (Lipinski definition) is 3. The van der Waals surface area contributed by atoms with Gasteiger partial charge in [-0.2, -0.15) is 11.8 Å². The fourth-order valence-electron chi connectivity index (χ4n) is 2.07. The van der Waals surface area contributed by atoms with Crippen molar-refractivity contribution < 1.29 is 5.11 Å². The van der Waals surface area contributed by atoms with Crippen molar-refractivity contribution in [3.05, 3.63) is 35.4 Å². The molecule has 0 aliphatic carbocycles. The lowest BCUT2D eigenvalue weighted by Crippen LogP contribution is -2.40. The third-order valence-electron chi connectivity index (χ3n) is 3.30. The Labute approximate surface area is 108 Å². The molecule has 2 nitrogen and oxygen atoms in total. The van der Waals surface area contributed by atoms with E-state index in [1.165, 1.54) is 11.1 Å². The highest BCUT2D eigenvalue weighted by Gasteiger charge is 2.30. The van der Waals surface area contributed by atoms with Crippen LogP contribution in [-0.2, 0) is 13.0 Å². The quantitative estimate of drug-likeness (QED) is 0.841. The maximum atomic E-state index is 10.2. The number of rotatable bonds is 5. The van der Waals surface area contributed by atoms with E-state index < -0.39 is 5.60 Å². The zero-order valence-electron chi connectivity index (χ0n) is 10.4. The van der Waals surface area contributed by atoms with Gasteiger partial charge in [-0.1, -0.05) is 31.2 Å². The van der Waals surface area contributed by atoms with Gasteiger partial charge in [0, 0.05) is 18.8 Å². The van der Waals surface area contributed by atoms with E-state index in [1.54, 1.807) is 0 Å². The van der Waals surface area contributed by atoms with Crippen LogP contribution < -0.4 is 5.32 Å². The summed E-state index contributed by atoms with van der Waals surface area (Å²) < 4.78 is 0. The molecule has 0 amide bonds. The van der Waals surface area contributed by atoms with E-state index in [1.807, 2.05) is 11.8 Å². The smallest absolute Gasteiger partial charge is 0.0869 e. The molecule has 1 aliphatic rings. The van der Waals surface area contributed by atoms with E-state index in [-0.39, 0.29) is 0 Å². The predicted octanol–water partition coefficient (Wildman–Crippen LogP) is 2.21. The average molecular weight is 251 g/mol. The summed E-state index contributed by atoms with van der Waals surface area (Å²) in [6.07, 6.45) is 2.00. The summed E-state index contributed by atoms with van der Waals surface area (Å²) in [7, 11) is 0. The van der Waals surface area contributed by atoms with Crippen molar-refractivity contribution in [2.75, 3.05) is 18.1 Å². The number of nitrogens with one attached hydrogen (secondary N) is 1. The number of aryl methyl sites for hydroxylation is 1. The topological polar surface area (TPSA) is 32.3 Å². The lowest BCUT2D eigenvalue weighted by atomic mass is 10.0. The van der Waals surface area contributed by atoms with Crippen molar-refractivity contribution in [2.45, 2.75) is 31.9 Å². The van der Waals surface area contributed by atoms with Gasteiger partial charge < -0.3 is 10.4 Å².